The number of sulfonamides is 1. The van der Waals surface area contributed by atoms with Gasteiger partial charge in [0.2, 0.25) is 10.0 Å². The maximum Gasteiger partial charge on any atom is 0.246 e. The van der Waals surface area contributed by atoms with Crippen LogP contribution in [-0.4, -0.2) is 48.2 Å². The van der Waals surface area contributed by atoms with Gasteiger partial charge in [-0.25, -0.2) is 8.42 Å². The Labute approximate surface area is 126 Å². The molecule has 2 aliphatic rings. The molecule has 3 rings (SSSR count). The Kier molecular flexibility index (Phi) is 4.33. The maximum absolute atomic E-state index is 12.5. The molecule has 21 heavy (non-hydrogen) atoms. The second kappa shape index (κ2) is 6.06. The quantitative estimate of drug-likeness (QED) is 0.764. The van der Waals surface area contributed by atoms with Crippen molar-refractivity contribution in [1.82, 2.24) is 19.4 Å². The molecule has 1 N–H and O–H groups in total. The van der Waals surface area contributed by atoms with E-state index < -0.39 is 10.0 Å². The third-order valence-corrected chi connectivity index (χ3v) is 6.03. The summed E-state index contributed by atoms with van der Waals surface area (Å²) in [6.45, 7) is 5.06. The van der Waals surface area contributed by atoms with Crippen LogP contribution in [0.1, 0.15) is 32.6 Å². The zero-order chi connectivity index (χ0) is 14.9. The lowest BCUT2D eigenvalue weighted by Gasteiger charge is -2.14. The molecule has 1 aliphatic carbocycles. The average Bonchev–Trinajstić information content (AvgIpc) is 2.96. The predicted molar refractivity (Wildman–Crippen MR) is 80.4 cm³/mol. The van der Waals surface area contributed by atoms with Crippen molar-refractivity contribution in [1.29, 1.82) is 0 Å². The molecule has 1 unspecified atom stereocenters. The van der Waals surface area contributed by atoms with Crippen LogP contribution in [0.15, 0.2) is 17.3 Å². The van der Waals surface area contributed by atoms with Crippen molar-refractivity contribution >= 4 is 10.0 Å². The Morgan fingerprint density at radius 2 is 2.19 bits per heavy atom. The van der Waals surface area contributed by atoms with Gasteiger partial charge in [-0.1, -0.05) is 6.92 Å². The summed E-state index contributed by atoms with van der Waals surface area (Å²) >= 11 is 0. The molecule has 1 saturated carbocycles. The Hall–Kier alpha value is -0.920. The fraction of sp³-hybridized carbons (Fsp3) is 0.786. The van der Waals surface area contributed by atoms with Gasteiger partial charge < -0.3 is 5.32 Å². The van der Waals surface area contributed by atoms with Crippen LogP contribution in [0.5, 0.6) is 0 Å². The molecule has 2 heterocycles. The van der Waals surface area contributed by atoms with E-state index in [2.05, 4.69) is 17.3 Å². The summed E-state index contributed by atoms with van der Waals surface area (Å²) in [4.78, 5) is 0.326. The van der Waals surface area contributed by atoms with Crippen LogP contribution in [-0.2, 0) is 16.6 Å². The number of rotatable bonds is 7. The Bertz CT molecular complexity index is 580. The van der Waals surface area contributed by atoms with Crippen molar-refractivity contribution in [3.8, 4) is 0 Å². The summed E-state index contributed by atoms with van der Waals surface area (Å²) in [5, 5.41) is 7.63. The molecule has 0 spiro atoms. The van der Waals surface area contributed by atoms with E-state index in [1.54, 1.807) is 15.2 Å². The first-order valence-electron chi connectivity index (χ1n) is 7.82. The Morgan fingerprint density at radius 1 is 1.38 bits per heavy atom. The van der Waals surface area contributed by atoms with Gasteiger partial charge in [-0.2, -0.15) is 9.40 Å². The largest absolute Gasteiger partial charge is 0.314 e. The van der Waals surface area contributed by atoms with E-state index in [0.29, 0.717) is 23.9 Å². The first-order chi connectivity index (χ1) is 10.1. The fourth-order valence-electron chi connectivity index (χ4n) is 2.70. The van der Waals surface area contributed by atoms with Gasteiger partial charge in [0.15, 0.2) is 0 Å². The maximum atomic E-state index is 12.5. The molecule has 7 heteroatoms. The van der Waals surface area contributed by atoms with Gasteiger partial charge in [0.25, 0.3) is 0 Å². The van der Waals surface area contributed by atoms with Crippen LogP contribution in [0.25, 0.3) is 0 Å². The second-order valence-electron chi connectivity index (χ2n) is 6.28. The summed E-state index contributed by atoms with van der Waals surface area (Å²) in [5.74, 6) is 0.448. The molecule has 6 nitrogen and oxygen atoms in total. The first-order valence-corrected chi connectivity index (χ1v) is 9.26. The standard InChI is InChI=1S/C14H24N4O2S/c1-12-5-8-18(10-12)21(19,20)14-9-16-17(11-14)7-2-6-15-13-3-4-13/h9,11-13,15H,2-8,10H2,1H3. The molecule has 2 fully saturated rings. The molecule has 1 aromatic rings. The molecule has 1 aromatic heterocycles. The molecular formula is C14H24N4O2S. The second-order valence-corrected chi connectivity index (χ2v) is 8.22. The highest BCUT2D eigenvalue weighted by atomic mass is 32.2. The number of aryl methyl sites for hydroxylation is 1. The summed E-state index contributed by atoms with van der Waals surface area (Å²) in [7, 11) is -3.35. The highest BCUT2D eigenvalue weighted by Gasteiger charge is 2.31. The van der Waals surface area contributed by atoms with Crippen molar-refractivity contribution < 1.29 is 8.42 Å². The number of aromatic nitrogens is 2. The zero-order valence-corrected chi connectivity index (χ0v) is 13.3. The van der Waals surface area contributed by atoms with Crippen LogP contribution in [0, 0.1) is 5.92 Å². The van der Waals surface area contributed by atoms with Crippen LogP contribution in [0.3, 0.4) is 0 Å². The van der Waals surface area contributed by atoms with Crippen molar-refractivity contribution in [2.75, 3.05) is 19.6 Å². The summed E-state index contributed by atoms with van der Waals surface area (Å²) < 4.78 is 28.3. The van der Waals surface area contributed by atoms with Crippen molar-refractivity contribution in [2.24, 2.45) is 5.92 Å². The molecule has 0 radical (unpaired) electrons. The molecule has 1 atom stereocenters. The van der Waals surface area contributed by atoms with Crippen molar-refractivity contribution in [2.45, 2.75) is 50.1 Å². The van der Waals surface area contributed by atoms with E-state index in [0.717, 1.165) is 32.0 Å². The van der Waals surface area contributed by atoms with Gasteiger partial charge in [0.1, 0.15) is 4.90 Å². The number of hydrogen-bond acceptors (Lipinski definition) is 4. The number of nitrogens with zero attached hydrogens (tertiary/aromatic N) is 3. The van der Waals surface area contributed by atoms with E-state index in [1.165, 1.54) is 19.0 Å². The van der Waals surface area contributed by atoms with Crippen LogP contribution < -0.4 is 5.32 Å². The Morgan fingerprint density at radius 3 is 2.86 bits per heavy atom. The number of hydrogen-bond donors (Lipinski definition) is 1. The van der Waals surface area contributed by atoms with Gasteiger partial charge in [0.05, 0.1) is 6.20 Å². The molecule has 0 bridgehead atoms. The highest BCUT2D eigenvalue weighted by molar-refractivity contribution is 7.89. The van der Waals surface area contributed by atoms with E-state index in [4.69, 9.17) is 0 Å². The van der Waals surface area contributed by atoms with Gasteiger partial charge in [-0.15, -0.1) is 0 Å². The van der Waals surface area contributed by atoms with E-state index in [1.807, 2.05) is 0 Å². The van der Waals surface area contributed by atoms with Crippen molar-refractivity contribution in [3.05, 3.63) is 12.4 Å². The lowest BCUT2D eigenvalue weighted by Crippen LogP contribution is -2.28. The third kappa shape index (κ3) is 3.64. The minimum Gasteiger partial charge on any atom is -0.314 e. The Balaban J connectivity index is 1.55. The normalized spacial score (nSPS) is 23.8. The first kappa shape index (κ1) is 15.0. The molecule has 0 amide bonds. The van der Waals surface area contributed by atoms with Crippen LogP contribution >= 0.6 is 0 Å². The van der Waals surface area contributed by atoms with Crippen LogP contribution in [0.2, 0.25) is 0 Å². The van der Waals surface area contributed by atoms with E-state index >= 15 is 0 Å². The van der Waals surface area contributed by atoms with Crippen LogP contribution in [0.4, 0.5) is 0 Å². The summed E-state index contributed by atoms with van der Waals surface area (Å²) in [6.07, 6.45) is 7.64. The van der Waals surface area contributed by atoms with Gasteiger partial charge in [0, 0.05) is 31.9 Å². The third-order valence-electron chi connectivity index (χ3n) is 4.21. The predicted octanol–water partition coefficient (Wildman–Crippen LogP) is 1.06. The lowest BCUT2D eigenvalue weighted by atomic mass is 10.2. The zero-order valence-electron chi connectivity index (χ0n) is 12.5. The molecule has 1 aliphatic heterocycles. The van der Waals surface area contributed by atoms with Gasteiger partial charge in [-0.05, 0) is 38.1 Å². The number of nitrogens with one attached hydrogen (secondary N) is 1. The van der Waals surface area contributed by atoms with Gasteiger partial charge in [-0.3, -0.25) is 4.68 Å². The fourth-order valence-corrected chi connectivity index (χ4v) is 4.23. The topological polar surface area (TPSA) is 67.2 Å². The molecular weight excluding hydrogens is 288 g/mol. The minimum absolute atomic E-state index is 0.326. The lowest BCUT2D eigenvalue weighted by molar-refractivity contribution is 0.464. The summed E-state index contributed by atoms with van der Waals surface area (Å²) in [5.41, 5.74) is 0. The molecule has 1 saturated heterocycles. The molecule has 0 aromatic carbocycles. The van der Waals surface area contributed by atoms with Crippen molar-refractivity contribution in [3.63, 3.8) is 0 Å². The van der Waals surface area contributed by atoms with E-state index in [-0.39, 0.29) is 0 Å². The average molecular weight is 312 g/mol. The van der Waals surface area contributed by atoms with Gasteiger partial charge >= 0.3 is 0 Å². The monoisotopic (exact) mass is 312 g/mol. The highest BCUT2D eigenvalue weighted by Crippen LogP contribution is 2.23. The molecule has 118 valence electrons. The van der Waals surface area contributed by atoms with E-state index in [9.17, 15) is 8.42 Å². The minimum atomic E-state index is -3.35. The smallest absolute Gasteiger partial charge is 0.246 e. The summed E-state index contributed by atoms with van der Waals surface area (Å²) in [6, 6.07) is 0.718. The SMILES string of the molecule is CC1CCN(S(=O)(=O)c2cnn(CCCNC3CC3)c2)C1.